The van der Waals surface area contributed by atoms with E-state index >= 15 is 4.57 Å². The third kappa shape index (κ3) is 11.9. The first-order chi connectivity index (χ1) is 29.7. The number of anilines is 1. The maximum Gasteiger partial charge on any atom is 0.416 e. The summed E-state index contributed by atoms with van der Waals surface area (Å²) in [5.74, 6) is -5.42. The predicted molar refractivity (Wildman–Crippen MR) is 227 cm³/mol. The van der Waals surface area contributed by atoms with Gasteiger partial charge in [-0.15, -0.1) is 4.36 Å². The molecule has 0 bridgehead atoms. The number of amides is 2. The van der Waals surface area contributed by atoms with Crippen LogP contribution in [0.25, 0.3) is 11.0 Å². The summed E-state index contributed by atoms with van der Waals surface area (Å²) in [6.07, 6.45) is 0.631. The Balaban J connectivity index is 1.56. The molecule has 2 amide bonds. The zero-order valence-electron chi connectivity index (χ0n) is 37.8. The monoisotopic (exact) mass is 967 g/mol. The number of hydrogen-bond donors (Lipinski definition) is 1. The highest BCUT2D eigenvalue weighted by molar-refractivity contribution is 7.91. The van der Waals surface area contributed by atoms with Gasteiger partial charge in [0, 0.05) is 19.4 Å². The van der Waals surface area contributed by atoms with Gasteiger partial charge in [0.2, 0.25) is 18.9 Å². The second-order valence-electron chi connectivity index (χ2n) is 17.6. The molecule has 5 rings (SSSR count). The van der Waals surface area contributed by atoms with Crippen molar-refractivity contribution in [3.8, 4) is 0 Å². The normalized spacial score (nSPS) is 23.2. The molecule has 1 aliphatic carbocycles. The number of ether oxygens (including phenoxy) is 8. The summed E-state index contributed by atoms with van der Waals surface area (Å²) < 4.78 is 90.7. The van der Waals surface area contributed by atoms with Crippen molar-refractivity contribution < 1.29 is 74.9 Å². The number of fused-ring (bicyclic) bond motifs is 2. The maximum absolute atomic E-state index is 15.1. The number of hydrogen-bond acceptors (Lipinski definition) is 19. The summed E-state index contributed by atoms with van der Waals surface area (Å²) in [4.78, 5) is 63.3. The standard InChI is InChI=1S/C38H59ClN7O16PS/c1-21(2)31(47)54-19-57-63(51,58-20-55-32(48)22(3)4)38(18-53-10,33(49)44-64(11,40)52)56-17-25-26-27(61-37(8,9)60-26)30(59-25)46-29-24(16-41-46)28(42-34(39)43-29)45(23-14-12-13-15-23)35(50)62-36(5,6)7/h16,21-23,25-27,30H,12-15,17-20H2,1-11H3,(H2,40,44,49,52)/t25-,26-,27-,30-,38+,64?/m1/s1. The molecule has 0 spiro atoms. The van der Waals surface area contributed by atoms with Crippen LogP contribution in [0, 0.1) is 11.8 Å². The van der Waals surface area contributed by atoms with Gasteiger partial charge in [0.25, 0.3) is 5.34 Å². The van der Waals surface area contributed by atoms with E-state index in [-0.39, 0.29) is 22.8 Å². The van der Waals surface area contributed by atoms with Crippen molar-refractivity contribution in [2.45, 2.75) is 135 Å². The summed E-state index contributed by atoms with van der Waals surface area (Å²) in [6, 6.07) is -0.246. The Morgan fingerprint density at radius 2 is 1.61 bits per heavy atom. The van der Waals surface area contributed by atoms with Crippen LogP contribution in [0.3, 0.4) is 0 Å². The Morgan fingerprint density at radius 1 is 1.03 bits per heavy atom. The number of aromatic nitrogens is 4. The first kappa shape index (κ1) is 51.6. The molecule has 2 aliphatic heterocycles. The molecule has 360 valence electrons. The van der Waals surface area contributed by atoms with Crippen LogP contribution < -0.4 is 10.0 Å². The molecule has 0 radical (unpaired) electrons. The molecule has 0 aromatic carbocycles. The lowest BCUT2D eigenvalue weighted by Crippen LogP contribution is -2.49. The smallest absolute Gasteiger partial charge is 0.416 e. The molecule has 2 aromatic rings. The number of halogens is 1. The van der Waals surface area contributed by atoms with Gasteiger partial charge >= 0.3 is 31.5 Å². The van der Waals surface area contributed by atoms with Crippen molar-refractivity contribution in [2.75, 3.05) is 45.1 Å². The van der Waals surface area contributed by atoms with Gasteiger partial charge in [0.05, 0.1) is 36.6 Å². The third-order valence-corrected chi connectivity index (χ3v) is 12.9. The zero-order chi connectivity index (χ0) is 47.6. The number of nitrogens with zero attached hydrogens (tertiary/aromatic N) is 6. The van der Waals surface area contributed by atoms with Crippen LogP contribution in [0.4, 0.5) is 10.6 Å². The molecule has 26 heteroatoms. The van der Waals surface area contributed by atoms with Crippen molar-refractivity contribution in [1.82, 2.24) is 19.7 Å². The van der Waals surface area contributed by atoms with Gasteiger partial charge in [-0.3, -0.25) is 32.9 Å². The maximum atomic E-state index is 15.1. The molecule has 1 unspecified atom stereocenters. The first-order valence-corrected chi connectivity index (χ1v) is 24.5. The summed E-state index contributed by atoms with van der Waals surface area (Å²) in [5, 5.41) is 7.45. The average Bonchev–Trinajstić information content (AvgIpc) is 3.96. The van der Waals surface area contributed by atoms with Gasteiger partial charge in [0.1, 0.15) is 33.8 Å². The van der Waals surface area contributed by atoms with Gasteiger partial charge in [-0.1, -0.05) is 40.5 Å². The molecule has 2 aromatic heterocycles. The van der Waals surface area contributed by atoms with Gasteiger partial charge in [-0.25, -0.2) is 18.8 Å². The molecule has 2 N–H and O–H groups in total. The second-order valence-corrected chi connectivity index (χ2v) is 22.1. The van der Waals surface area contributed by atoms with Crippen molar-refractivity contribution >= 4 is 69.9 Å². The van der Waals surface area contributed by atoms with Crippen molar-refractivity contribution in [2.24, 2.45) is 21.3 Å². The molecule has 1 saturated carbocycles. The van der Waals surface area contributed by atoms with Crippen molar-refractivity contribution in [3.63, 3.8) is 0 Å². The highest BCUT2D eigenvalue weighted by Crippen LogP contribution is 2.62. The summed E-state index contributed by atoms with van der Waals surface area (Å²) in [6.45, 7) is 11.0. The number of methoxy groups -OCH3 is 1. The minimum Gasteiger partial charge on any atom is -0.443 e. The quantitative estimate of drug-likeness (QED) is 0.0678. The van der Waals surface area contributed by atoms with E-state index in [2.05, 4.69) is 19.4 Å². The van der Waals surface area contributed by atoms with E-state index < -0.39 is 121 Å². The van der Waals surface area contributed by atoms with Crippen LogP contribution in [0.2, 0.25) is 5.28 Å². The van der Waals surface area contributed by atoms with E-state index in [0.29, 0.717) is 18.2 Å². The Hall–Kier alpha value is -3.42. The SMILES string of the molecule is COC[C@@](OC[C@H]1O[C@@H](n2ncc3c(N(C(=O)OC(C)(C)C)C4CCCC4)nc(Cl)nc32)[C@@H]2OC(C)(C)O[C@@H]21)(C(=O)N=S(C)(N)=O)P(=O)(OCOC(=O)C(C)C)OCOC(=O)C(C)C. The van der Waals surface area contributed by atoms with E-state index in [1.54, 1.807) is 34.6 Å². The number of carbonyl (C=O) groups excluding carboxylic acids is 4. The van der Waals surface area contributed by atoms with E-state index in [1.165, 1.54) is 43.5 Å². The van der Waals surface area contributed by atoms with Crippen molar-refractivity contribution in [1.29, 1.82) is 0 Å². The minimum absolute atomic E-state index is 0.154. The van der Waals surface area contributed by atoms with Gasteiger partial charge in [-0.2, -0.15) is 15.1 Å². The summed E-state index contributed by atoms with van der Waals surface area (Å²) in [7, 11) is -7.97. The Morgan fingerprint density at radius 3 is 2.14 bits per heavy atom. The number of carbonyl (C=O) groups is 4. The average molecular weight is 968 g/mol. The highest BCUT2D eigenvalue weighted by Gasteiger charge is 2.63. The van der Waals surface area contributed by atoms with E-state index in [0.717, 1.165) is 26.2 Å². The molecule has 4 heterocycles. The fourth-order valence-corrected chi connectivity index (χ4v) is 9.49. The van der Waals surface area contributed by atoms with E-state index in [1.807, 2.05) is 0 Å². The molecule has 3 fully saturated rings. The van der Waals surface area contributed by atoms with E-state index in [4.69, 9.17) is 63.7 Å². The van der Waals surface area contributed by atoms with Crippen LogP contribution in [0.1, 0.15) is 94.2 Å². The van der Waals surface area contributed by atoms with Crippen LogP contribution in [0.5, 0.6) is 0 Å². The fraction of sp³-hybridized carbons (Fsp3) is 0.763. The molecular formula is C38H59ClN7O16PS. The molecule has 64 heavy (non-hydrogen) atoms. The largest absolute Gasteiger partial charge is 0.443 e. The van der Waals surface area contributed by atoms with Gasteiger partial charge in [0.15, 0.2) is 23.5 Å². The predicted octanol–water partition coefficient (Wildman–Crippen LogP) is 4.98. The molecule has 3 aliphatic rings. The Kier molecular flexibility index (Phi) is 16.3. The van der Waals surface area contributed by atoms with Gasteiger partial charge < -0.3 is 37.9 Å². The minimum atomic E-state index is -5.29. The summed E-state index contributed by atoms with van der Waals surface area (Å²) >= 11 is 6.57. The van der Waals surface area contributed by atoms with Gasteiger partial charge in [-0.05, 0) is 59.1 Å². The zero-order valence-corrected chi connectivity index (χ0v) is 40.3. The van der Waals surface area contributed by atoms with Crippen LogP contribution in [0.15, 0.2) is 10.6 Å². The molecule has 23 nitrogen and oxygen atoms in total. The van der Waals surface area contributed by atoms with Crippen molar-refractivity contribution in [3.05, 3.63) is 11.5 Å². The third-order valence-electron chi connectivity index (χ3n) is 9.94. The lowest BCUT2D eigenvalue weighted by atomic mass is 10.1. The number of rotatable bonds is 18. The Bertz CT molecular complexity index is 2190. The number of esters is 2. The highest BCUT2D eigenvalue weighted by atomic mass is 35.5. The first-order valence-electron chi connectivity index (χ1n) is 20.5. The lowest BCUT2D eigenvalue weighted by Gasteiger charge is -2.36. The van der Waals surface area contributed by atoms with Crippen LogP contribution >= 0.6 is 19.2 Å². The topological polar surface area (TPSA) is 280 Å². The van der Waals surface area contributed by atoms with E-state index in [9.17, 15) is 23.4 Å². The van der Waals surface area contributed by atoms with Crippen LogP contribution in [-0.4, -0.2) is 129 Å². The summed E-state index contributed by atoms with van der Waals surface area (Å²) in [5.41, 5.74) is -0.668. The fourth-order valence-electron chi connectivity index (χ4n) is 7.11. The van der Waals surface area contributed by atoms with Crippen LogP contribution in [-0.2, 0) is 75.8 Å². The second kappa shape index (κ2) is 20.2. The lowest BCUT2D eigenvalue weighted by molar-refractivity contribution is -0.207. The molecule has 2 saturated heterocycles. The number of nitrogens with two attached hydrogens (primary N) is 1. The molecule has 6 atom stereocenters. The Labute approximate surface area is 376 Å². The molecular weight excluding hydrogens is 909 g/mol.